The molecule has 1 aromatic heterocycles. The summed E-state index contributed by atoms with van der Waals surface area (Å²) in [6, 6.07) is 4.75. The molecule has 2 aromatic rings. The van der Waals surface area contributed by atoms with Gasteiger partial charge in [-0.05, 0) is 56.5 Å². The van der Waals surface area contributed by atoms with E-state index in [1.807, 2.05) is 19.2 Å². The third-order valence-electron chi connectivity index (χ3n) is 3.92. The molecule has 2 rings (SSSR count). The molecule has 1 atom stereocenters. The normalized spacial score (nSPS) is 12.8. The molecule has 24 heavy (non-hydrogen) atoms. The number of amides is 1. The summed E-state index contributed by atoms with van der Waals surface area (Å²) in [5, 5.41) is 12.2. The van der Waals surface area contributed by atoms with E-state index in [2.05, 4.69) is 10.4 Å². The first-order valence-electron chi connectivity index (χ1n) is 7.61. The van der Waals surface area contributed by atoms with Gasteiger partial charge in [-0.2, -0.15) is 5.10 Å². The van der Waals surface area contributed by atoms with Crippen molar-refractivity contribution in [2.75, 3.05) is 0 Å². The van der Waals surface area contributed by atoms with Crippen molar-refractivity contribution in [1.29, 1.82) is 0 Å². The first-order chi connectivity index (χ1) is 11.2. The second kappa shape index (κ2) is 7.14. The summed E-state index contributed by atoms with van der Waals surface area (Å²) in [7, 11) is -3.87. The quantitative estimate of drug-likeness (QED) is 0.820. The molecule has 7 nitrogen and oxygen atoms in total. The molecule has 130 valence electrons. The summed E-state index contributed by atoms with van der Waals surface area (Å²) < 4.78 is 25.1. The smallest absolute Gasteiger partial charge is 0.251 e. The number of nitrogens with one attached hydrogen (secondary N) is 1. The summed E-state index contributed by atoms with van der Waals surface area (Å²) >= 11 is 0. The maximum Gasteiger partial charge on any atom is 0.251 e. The molecular weight excluding hydrogens is 328 g/mol. The van der Waals surface area contributed by atoms with E-state index in [0.29, 0.717) is 24.1 Å². The standard InChI is InChI=1S/C16H22N4O3S/c1-11-9-14(10-15(13(11)3)24(17,22)23)16(21)19-12(2)5-8-20-7-4-6-18-20/h4,6-7,9-10,12H,5,8H2,1-3H3,(H,19,21)(H2,17,22,23)/t12-/m1/s1. The molecule has 8 heteroatoms. The minimum atomic E-state index is -3.87. The highest BCUT2D eigenvalue weighted by atomic mass is 32.2. The van der Waals surface area contributed by atoms with Crippen LogP contribution in [0.2, 0.25) is 0 Å². The molecule has 0 saturated heterocycles. The lowest BCUT2D eigenvalue weighted by molar-refractivity contribution is 0.0937. The Hall–Kier alpha value is -2.19. The monoisotopic (exact) mass is 350 g/mol. The number of aromatic nitrogens is 2. The van der Waals surface area contributed by atoms with Gasteiger partial charge in [0, 0.05) is 30.5 Å². The van der Waals surface area contributed by atoms with Crippen LogP contribution in [0.4, 0.5) is 0 Å². The first-order valence-corrected chi connectivity index (χ1v) is 9.15. The maximum absolute atomic E-state index is 12.4. The number of sulfonamides is 1. The topological polar surface area (TPSA) is 107 Å². The van der Waals surface area contributed by atoms with Crippen LogP contribution in [-0.2, 0) is 16.6 Å². The number of nitrogens with two attached hydrogens (primary N) is 1. The van der Waals surface area contributed by atoms with Crippen molar-refractivity contribution in [2.45, 2.75) is 44.7 Å². The summed E-state index contributed by atoms with van der Waals surface area (Å²) in [4.78, 5) is 12.4. The van der Waals surface area contributed by atoms with Gasteiger partial charge in [0.1, 0.15) is 0 Å². The predicted molar refractivity (Wildman–Crippen MR) is 91.1 cm³/mol. The van der Waals surface area contributed by atoms with Crippen LogP contribution in [0.15, 0.2) is 35.5 Å². The fraction of sp³-hybridized carbons (Fsp3) is 0.375. The number of carbonyl (C=O) groups is 1. The number of hydrogen-bond donors (Lipinski definition) is 2. The van der Waals surface area contributed by atoms with E-state index in [1.165, 1.54) is 6.07 Å². The molecule has 0 unspecified atom stereocenters. The predicted octanol–water partition coefficient (Wildman–Crippen LogP) is 1.36. The molecule has 0 aliphatic heterocycles. The molecule has 0 aliphatic carbocycles. The van der Waals surface area contributed by atoms with E-state index < -0.39 is 10.0 Å². The minimum Gasteiger partial charge on any atom is -0.350 e. The van der Waals surface area contributed by atoms with E-state index in [4.69, 9.17) is 5.14 Å². The summed E-state index contributed by atoms with van der Waals surface area (Å²) in [5.41, 5.74) is 1.55. The van der Waals surface area contributed by atoms with Gasteiger partial charge in [-0.1, -0.05) is 0 Å². The highest BCUT2D eigenvalue weighted by Crippen LogP contribution is 2.20. The van der Waals surface area contributed by atoms with Crippen LogP contribution < -0.4 is 10.5 Å². The molecule has 1 heterocycles. The Morgan fingerprint density at radius 1 is 1.38 bits per heavy atom. The van der Waals surface area contributed by atoms with Crippen molar-refractivity contribution in [2.24, 2.45) is 5.14 Å². The van der Waals surface area contributed by atoms with E-state index >= 15 is 0 Å². The molecule has 0 aliphatic rings. The molecule has 1 amide bonds. The van der Waals surface area contributed by atoms with Gasteiger partial charge in [0.25, 0.3) is 5.91 Å². The van der Waals surface area contributed by atoms with Gasteiger partial charge in [0.2, 0.25) is 10.0 Å². The second-order valence-electron chi connectivity index (χ2n) is 5.89. The van der Waals surface area contributed by atoms with E-state index in [-0.39, 0.29) is 22.4 Å². The van der Waals surface area contributed by atoms with Gasteiger partial charge in [-0.25, -0.2) is 13.6 Å². The summed E-state index contributed by atoms with van der Waals surface area (Å²) in [6.07, 6.45) is 4.27. The SMILES string of the molecule is Cc1cc(C(=O)N[C@H](C)CCn2cccn2)cc(S(N)(=O)=O)c1C. The number of hydrogen-bond acceptors (Lipinski definition) is 4. The fourth-order valence-corrected chi connectivity index (χ4v) is 3.27. The lowest BCUT2D eigenvalue weighted by atomic mass is 10.1. The van der Waals surface area contributed by atoms with Gasteiger partial charge in [-0.3, -0.25) is 9.48 Å². The Balaban J connectivity index is 2.10. The second-order valence-corrected chi connectivity index (χ2v) is 7.42. The lowest BCUT2D eigenvalue weighted by Gasteiger charge is -2.15. The molecule has 3 N–H and O–H groups in total. The van der Waals surface area contributed by atoms with Crippen LogP contribution in [0, 0.1) is 13.8 Å². The minimum absolute atomic E-state index is 0.0168. The van der Waals surface area contributed by atoms with Gasteiger partial charge in [-0.15, -0.1) is 0 Å². The Morgan fingerprint density at radius 2 is 2.08 bits per heavy atom. The molecular formula is C16H22N4O3S. The number of primary sulfonamides is 1. The van der Waals surface area contributed by atoms with Crippen LogP contribution in [0.3, 0.4) is 0 Å². The highest BCUT2D eigenvalue weighted by molar-refractivity contribution is 7.89. The highest BCUT2D eigenvalue weighted by Gasteiger charge is 2.18. The number of rotatable bonds is 6. The van der Waals surface area contributed by atoms with Crippen LogP contribution in [0.5, 0.6) is 0 Å². The van der Waals surface area contributed by atoms with Crippen molar-refractivity contribution in [3.8, 4) is 0 Å². The van der Waals surface area contributed by atoms with Crippen LogP contribution in [0.25, 0.3) is 0 Å². The number of nitrogens with zero attached hydrogens (tertiary/aromatic N) is 2. The molecule has 0 spiro atoms. The molecule has 0 saturated carbocycles. The lowest BCUT2D eigenvalue weighted by Crippen LogP contribution is -2.33. The zero-order valence-corrected chi connectivity index (χ0v) is 14.8. The van der Waals surface area contributed by atoms with Gasteiger partial charge in [0.05, 0.1) is 4.90 Å². The molecule has 0 radical (unpaired) electrons. The Morgan fingerprint density at radius 3 is 2.67 bits per heavy atom. The maximum atomic E-state index is 12.4. The van der Waals surface area contributed by atoms with Gasteiger partial charge in [0.15, 0.2) is 0 Å². The Kier molecular flexibility index (Phi) is 5.40. The average molecular weight is 350 g/mol. The van der Waals surface area contributed by atoms with Crippen molar-refractivity contribution in [1.82, 2.24) is 15.1 Å². The van der Waals surface area contributed by atoms with Gasteiger partial charge < -0.3 is 5.32 Å². The zero-order valence-electron chi connectivity index (χ0n) is 14.0. The third-order valence-corrected chi connectivity index (χ3v) is 4.95. The van der Waals surface area contributed by atoms with Crippen LogP contribution >= 0.6 is 0 Å². The van der Waals surface area contributed by atoms with Gasteiger partial charge >= 0.3 is 0 Å². The van der Waals surface area contributed by atoms with Crippen LogP contribution in [0.1, 0.15) is 34.8 Å². The fourth-order valence-electron chi connectivity index (χ4n) is 2.39. The number of aryl methyl sites for hydroxylation is 2. The van der Waals surface area contributed by atoms with Crippen molar-refractivity contribution >= 4 is 15.9 Å². The number of carbonyl (C=O) groups excluding carboxylic acids is 1. The molecule has 0 fully saturated rings. The van der Waals surface area contributed by atoms with E-state index in [1.54, 1.807) is 30.8 Å². The third kappa shape index (κ3) is 4.42. The first kappa shape index (κ1) is 18.2. The van der Waals surface area contributed by atoms with Crippen molar-refractivity contribution in [3.05, 3.63) is 47.3 Å². The van der Waals surface area contributed by atoms with Crippen molar-refractivity contribution < 1.29 is 13.2 Å². The Bertz CT molecular complexity index is 829. The summed E-state index contributed by atoms with van der Waals surface area (Å²) in [6.45, 7) is 6.00. The van der Waals surface area contributed by atoms with Crippen LogP contribution in [-0.4, -0.2) is 30.1 Å². The molecule has 1 aromatic carbocycles. The number of benzene rings is 1. The average Bonchev–Trinajstić information content (AvgIpc) is 2.99. The van der Waals surface area contributed by atoms with E-state index in [0.717, 1.165) is 0 Å². The van der Waals surface area contributed by atoms with E-state index in [9.17, 15) is 13.2 Å². The zero-order chi connectivity index (χ0) is 17.9. The Labute approximate surface area is 141 Å². The molecule has 0 bridgehead atoms. The summed E-state index contributed by atoms with van der Waals surface area (Å²) in [5.74, 6) is -0.323. The van der Waals surface area contributed by atoms with Crippen molar-refractivity contribution in [3.63, 3.8) is 0 Å². The largest absolute Gasteiger partial charge is 0.350 e.